The van der Waals surface area contributed by atoms with Gasteiger partial charge in [0.05, 0.1) is 19.3 Å². The van der Waals surface area contributed by atoms with Gasteiger partial charge in [-0.3, -0.25) is 14.4 Å². The zero-order valence-electron chi connectivity index (χ0n) is 11.4. The fourth-order valence-corrected chi connectivity index (χ4v) is 2.12. The topological polar surface area (TPSA) is 97.4 Å². The highest BCUT2D eigenvalue weighted by molar-refractivity contribution is 7.13. The van der Waals surface area contributed by atoms with Gasteiger partial charge in [-0.25, -0.2) is 4.98 Å². The molecule has 0 saturated carbocycles. The third kappa shape index (κ3) is 6.28. The van der Waals surface area contributed by atoms with Crippen LogP contribution < -0.4 is 10.6 Å². The number of carbonyl (C=O) groups is 3. The van der Waals surface area contributed by atoms with Crippen LogP contribution in [-0.4, -0.2) is 36.4 Å². The minimum absolute atomic E-state index is 0.0768. The molecule has 0 saturated heterocycles. The minimum atomic E-state index is -0.323. The van der Waals surface area contributed by atoms with Gasteiger partial charge in [-0.1, -0.05) is 0 Å². The van der Waals surface area contributed by atoms with Gasteiger partial charge in [0, 0.05) is 18.7 Å². The van der Waals surface area contributed by atoms with Gasteiger partial charge in [-0.15, -0.1) is 11.3 Å². The molecule has 1 aromatic rings. The monoisotopic (exact) mass is 299 g/mol. The van der Waals surface area contributed by atoms with E-state index in [0.717, 1.165) is 5.69 Å². The fourth-order valence-electron chi connectivity index (χ4n) is 1.36. The maximum Gasteiger partial charge on any atom is 0.305 e. The number of hydrogen-bond donors (Lipinski definition) is 2. The van der Waals surface area contributed by atoms with Crippen molar-refractivity contribution in [3.63, 3.8) is 0 Å². The SMILES string of the molecule is COC(=O)CCCc1csc(NC(=O)CNC(C)=O)n1. The molecule has 8 heteroatoms. The summed E-state index contributed by atoms with van der Waals surface area (Å²) in [5.41, 5.74) is 0.814. The molecule has 20 heavy (non-hydrogen) atoms. The van der Waals surface area contributed by atoms with Crippen molar-refractivity contribution in [3.8, 4) is 0 Å². The number of hydrogen-bond acceptors (Lipinski definition) is 6. The van der Waals surface area contributed by atoms with Crippen LogP contribution in [0.5, 0.6) is 0 Å². The van der Waals surface area contributed by atoms with Gasteiger partial charge in [-0.2, -0.15) is 0 Å². The van der Waals surface area contributed by atoms with Crippen molar-refractivity contribution in [1.29, 1.82) is 0 Å². The lowest BCUT2D eigenvalue weighted by Crippen LogP contribution is -2.31. The third-order valence-electron chi connectivity index (χ3n) is 2.34. The van der Waals surface area contributed by atoms with Crippen LogP contribution in [0.1, 0.15) is 25.5 Å². The number of carbonyl (C=O) groups excluding carboxylic acids is 3. The number of amides is 2. The molecule has 0 spiro atoms. The second-order valence-corrected chi connectivity index (χ2v) is 4.89. The van der Waals surface area contributed by atoms with Crippen LogP contribution in [0.15, 0.2) is 5.38 Å². The van der Waals surface area contributed by atoms with E-state index in [2.05, 4.69) is 20.4 Å². The number of aromatic nitrogens is 1. The zero-order valence-corrected chi connectivity index (χ0v) is 12.2. The van der Waals surface area contributed by atoms with Crippen molar-refractivity contribution >= 4 is 34.3 Å². The van der Waals surface area contributed by atoms with Crippen molar-refractivity contribution in [3.05, 3.63) is 11.1 Å². The second-order valence-electron chi connectivity index (χ2n) is 4.03. The smallest absolute Gasteiger partial charge is 0.305 e. The molecule has 110 valence electrons. The summed E-state index contributed by atoms with van der Waals surface area (Å²) >= 11 is 1.30. The van der Waals surface area contributed by atoms with Gasteiger partial charge in [0.1, 0.15) is 0 Å². The molecule has 1 heterocycles. The lowest BCUT2D eigenvalue weighted by molar-refractivity contribution is -0.140. The van der Waals surface area contributed by atoms with E-state index >= 15 is 0 Å². The van der Waals surface area contributed by atoms with Crippen LogP contribution in [0.2, 0.25) is 0 Å². The van der Waals surface area contributed by atoms with Crippen molar-refractivity contribution in [2.24, 2.45) is 0 Å². The summed E-state index contributed by atoms with van der Waals surface area (Å²) in [7, 11) is 1.36. The van der Waals surface area contributed by atoms with Crippen LogP contribution in [0.25, 0.3) is 0 Å². The lowest BCUT2D eigenvalue weighted by atomic mass is 10.2. The highest BCUT2D eigenvalue weighted by Gasteiger charge is 2.08. The average molecular weight is 299 g/mol. The molecule has 0 fully saturated rings. The summed E-state index contributed by atoms with van der Waals surface area (Å²) in [4.78, 5) is 37.3. The average Bonchev–Trinajstić information content (AvgIpc) is 2.83. The lowest BCUT2D eigenvalue weighted by Gasteiger charge is -2.01. The zero-order chi connectivity index (χ0) is 15.0. The number of esters is 1. The Bertz CT molecular complexity index is 487. The van der Waals surface area contributed by atoms with E-state index in [0.29, 0.717) is 24.4 Å². The van der Waals surface area contributed by atoms with Crippen molar-refractivity contribution in [2.75, 3.05) is 19.0 Å². The molecular weight excluding hydrogens is 282 g/mol. The molecule has 0 aliphatic heterocycles. The van der Waals surface area contributed by atoms with E-state index in [1.807, 2.05) is 5.38 Å². The molecule has 0 aromatic carbocycles. The van der Waals surface area contributed by atoms with E-state index in [-0.39, 0.29) is 24.3 Å². The third-order valence-corrected chi connectivity index (χ3v) is 3.14. The Morgan fingerprint density at radius 3 is 2.80 bits per heavy atom. The van der Waals surface area contributed by atoms with E-state index in [4.69, 9.17) is 0 Å². The Morgan fingerprint density at radius 1 is 1.40 bits per heavy atom. The molecule has 1 aromatic heterocycles. The first-order chi connectivity index (χ1) is 9.51. The van der Waals surface area contributed by atoms with E-state index in [1.165, 1.54) is 25.4 Å². The second kappa shape index (κ2) is 8.26. The van der Waals surface area contributed by atoms with Crippen LogP contribution in [-0.2, 0) is 25.5 Å². The minimum Gasteiger partial charge on any atom is -0.469 e. The molecule has 0 aliphatic carbocycles. The summed E-state index contributed by atoms with van der Waals surface area (Å²) in [6.07, 6.45) is 1.64. The van der Waals surface area contributed by atoms with Crippen LogP contribution in [0.4, 0.5) is 5.13 Å². The molecule has 2 N–H and O–H groups in total. The Kier molecular flexibility index (Phi) is 6.65. The maximum absolute atomic E-state index is 11.4. The van der Waals surface area contributed by atoms with Crippen molar-refractivity contribution < 1.29 is 19.1 Å². The number of methoxy groups -OCH3 is 1. The van der Waals surface area contributed by atoms with Gasteiger partial charge in [-0.05, 0) is 12.8 Å². The highest BCUT2D eigenvalue weighted by atomic mass is 32.1. The highest BCUT2D eigenvalue weighted by Crippen LogP contribution is 2.16. The summed E-state index contributed by atoms with van der Waals surface area (Å²) in [6.45, 7) is 1.27. The molecular formula is C12H17N3O4S. The number of aryl methyl sites for hydroxylation is 1. The number of rotatable bonds is 7. The van der Waals surface area contributed by atoms with Gasteiger partial charge < -0.3 is 15.4 Å². The Hall–Kier alpha value is -1.96. The Morgan fingerprint density at radius 2 is 2.15 bits per heavy atom. The van der Waals surface area contributed by atoms with Gasteiger partial charge in [0.15, 0.2) is 5.13 Å². The van der Waals surface area contributed by atoms with Crippen LogP contribution in [0, 0.1) is 0 Å². The van der Waals surface area contributed by atoms with E-state index < -0.39 is 0 Å². The van der Waals surface area contributed by atoms with Gasteiger partial charge in [0.25, 0.3) is 0 Å². The molecule has 0 atom stereocenters. The number of nitrogens with zero attached hydrogens (tertiary/aromatic N) is 1. The van der Waals surface area contributed by atoms with Crippen LogP contribution >= 0.6 is 11.3 Å². The summed E-state index contributed by atoms with van der Waals surface area (Å²) in [5, 5.41) is 7.29. The van der Waals surface area contributed by atoms with Crippen LogP contribution in [0.3, 0.4) is 0 Å². The predicted octanol–water partition coefficient (Wildman–Crippen LogP) is 0.713. The summed E-state index contributed by atoms with van der Waals surface area (Å²) in [6, 6.07) is 0. The summed E-state index contributed by atoms with van der Waals surface area (Å²) in [5.74, 6) is -0.831. The van der Waals surface area contributed by atoms with Crippen molar-refractivity contribution in [1.82, 2.24) is 10.3 Å². The molecule has 2 amide bonds. The predicted molar refractivity (Wildman–Crippen MR) is 74.4 cm³/mol. The normalized spacial score (nSPS) is 9.90. The van der Waals surface area contributed by atoms with Crippen molar-refractivity contribution in [2.45, 2.75) is 26.2 Å². The molecule has 0 unspecified atom stereocenters. The number of anilines is 1. The quantitative estimate of drug-likeness (QED) is 0.723. The molecule has 0 bridgehead atoms. The van der Waals surface area contributed by atoms with Gasteiger partial charge >= 0.3 is 5.97 Å². The summed E-state index contributed by atoms with van der Waals surface area (Å²) < 4.78 is 4.54. The molecule has 0 radical (unpaired) electrons. The van der Waals surface area contributed by atoms with E-state index in [9.17, 15) is 14.4 Å². The fraction of sp³-hybridized carbons (Fsp3) is 0.500. The first-order valence-corrected chi connectivity index (χ1v) is 6.94. The number of nitrogens with one attached hydrogen (secondary N) is 2. The number of ether oxygens (including phenoxy) is 1. The van der Waals surface area contributed by atoms with Gasteiger partial charge in [0.2, 0.25) is 11.8 Å². The Labute approximate surface area is 120 Å². The Balaban J connectivity index is 2.33. The number of thiazole rings is 1. The first kappa shape index (κ1) is 16.1. The molecule has 0 aliphatic rings. The van der Waals surface area contributed by atoms with E-state index in [1.54, 1.807) is 0 Å². The first-order valence-electron chi connectivity index (χ1n) is 6.06. The largest absolute Gasteiger partial charge is 0.469 e. The standard InChI is InChI=1S/C12H17N3O4S/c1-8(16)13-6-10(17)15-12-14-9(7-20-12)4-3-5-11(18)19-2/h7H,3-6H2,1-2H3,(H,13,16)(H,14,15,17). The molecule has 7 nitrogen and oxygen atoms in total. The maximum atomic E-state index is 11.4. The molecule has 1 rings (SSSR count).